The molecule has 1 saturated carbocycles. The summed E-state index contributed by atoms with van der Waals surface area (Å²) in [6.07, 6.45) is 4.26. The SMILES string of the molecule is COc1cc(C[C@H](O)[C@@H]2CC(=O)C[C@@H]3c4cc(OC)c(O)cc4C(=C[C@H]4CCCC[C@@H]34)c3[nH]c4ccccc4c3CC#CCC(=O)O2)ccc1O. The molecule has 4 aromatic rings. The van der Waals surface area contributed by atoms with Crippen LogP contribution in [0, 0.1) is 23.7 Å². The van der Waals surface area contributed by atoms with Gasteiger partial charge in [-0.2, -0.15) is 0 Å². The van der Waals surface area contributed by atoms with Gasteiger partial charge in [0.1, 0.15) is 18.3 Å². The molecule has 7 rings (SSSR count). The molecule has 3 aliphatic rings. The summed E-state index contributed by atoms with van der Waals surface area (Å²) in [5.41, 5.74) is 6.25. The van der Waals surface area contributed by atoms with Crippen LogP contribution in [0.4, 0.5) is 0 Å². The van der Waals surface area contributed by atoms with Crippen LogP contribution in [0.5, 0.6) is 23.0 Å². The van der Waals surface area contributed by atoms with Gasteiger partial charge in [0.2, 0.25) is 0 Å². The normalized spacial score (nSPS) is 22.7. The summed E-state index contributed by atoms with van der Waals surface area (Å²) in [4.78, 5) is 31.1. The Morgan fingerprint density at radius 3 is 2.51 bits per heavy atom. The molecule has 51 heavy (non-hydrogen) atoms. The van der Waals surface area contributed by atoms with Crippen LogP contribution in [0.3, 0.4) is 0 Å². The number of H-pyrrole nitrogens is 1. The molecule has 2 heterocycles. The summed E-state index contributed by atoms with van der Waals surface area (Å²) in [5.74, 6) is 6.09. The molecule has 0 radical (unpaired) electrons. The number of hydrogen-bond acceptors (Lipinski definition) is 8. The Balaban J connectivity index is 1.35. The van der Waals surface area contributed by atoms with Crippen LogP contribution in [0.1, 0.15) is 78.8 Å². The van der Waals surface area contributed by atoms with E-state index in [1.807, 2.05) is 24.3 Å². The first-order chi connectivity index (χ1) is 24.7. The number of carbonyl (C=O) groups is 2. The maximum Gasteiger partial charge on any atom is 0.318 e. The van der Waals surface area contributed by atoms with Crippen molar-refractivity contribution in [1.82, 2.24) is 4.98 Å². The number of aliphatic hydroxyl groups is 1. The van der Waals surface area contributed by atoms with Gasteiger partial charge in [-0.1, -0.05) is 55.0 Å². The lowest BCUT2D eigenvalue weighted by molar-refractivity contribution is -0.155. The molecule has 9 heteroatoms. The number of cyclic esters (lactones) is 1. The van der Waals surface area contributed by atoms with Gasteiger partial charge in [0.25, 0.3) is 0 Å². The second-order valence-corrected chi connectivity index (χ2v) is 13.9. The number of benzene rings is 3. The molecule has 2 aliphatic carbocycles. The fraction of sp³-hybridized carbons (Fsp3) is 0.381. The number of rotatable bonds is 5. The molecule has 0 unspecified atom stereocenters. The maximum absolute atomic E-state index is 14.2. The lowest BCUT2D eigenvalue weighted by Crippen LogP contribution is -2.35. The van der Waals surface area contributed by atoms with E-state index < -0.39 is 18.2 Å². The smallest absolute Gasteiger partial charge is 0.318 e. The first kappa shape index (κ1) is 34.3. The summed E-state index contributed by atoms with van der Waals surface area (Å²) in [6, 6.07) is 16.5. The van der Waals surface area contributed by atoms with E-state index >= 15 is 0 Å². The van der Waals surface area contributed by atoms with Gasteiger partial charge in [0, 0.05) is 42.2 Å². The summed E-state index contributed by atoms with van der Waals surface area (Å²) in [7, 11) is 2.96. The van der Waals surface area contributed by atoms with Crippen molar-refractivity contribution in [1.29, 1.82) is 0 Å². The van der Waals surface area contributed by atoms with E-state index in [1.165, 1.54) is 20.3 Å². The number of nitrogens with one attached hydrogen (secondary N) is 1. The van der Waals surface area contributed by atoms with Gasteiger partial charge in [-0.15, -0.1) is 0 Å². The highest BCUT2D eigenvalue weighted by molar-refractivity contribution is 5.94. The number of allylic oxidation sites excluding steroid dienone is 1. The summed E-state index contributed by atoms with van der Waals surface area (Å²) >= 11 is 0. The number of aromatic amines is 1. The Morgan fingerprint density at radius 2 is 1.69 bits per heavy atom. The number of methoxy groups -OCH3 is 2. The third kappa shape index (κ3) is 6.93. The molecule has 9 nitrogen and oxygen atoms in total. The van der Waals surface area contributed by atoms with Crippen LogP contribution < -0.4 is 9.47 Å². The number of aromatic hydroxyl groups is 2. The van der Waals surface area contributed by atoms with Gasteiger partial charge in [-0.05, 0) is 83.2 Å². The number of aromatic nitrogens is 1. The van der Waals surface area contributed by atoms with Gasteiger partial charge in [0.05, 0.1) is 26.0 Å². The van der Waals surface area contributed by atoms with Gasteiger partial charge in [0.15, 0.2) is 23.0 Å². The summed E-state index contributed by atoms with van der Waals surface area (Å²) in [6.45, 7) is 0. The van der Waals surface area contributed by atoms with Crippen molar-refractivity contribution in [3.05, 3.63) is 88.6 Å². The van der Waals surface area contributed by atoms with Gasteiger partial charge in [-0.3, -0.25) is 9.59 Å². The van der Waals surface area contributed by atoms with Crippen molar-refractivity contribution in [3.63, 3.8) is 0 Å². The second-order valence-electron chi connectivity index (χ2n) is 13.9. The summed E-state index contributed by atoms with van der Waals surface area (Å²) in [5, 5.41) is 33.7. The lowest BCUT2D eigenvalue weighted by Gasteiger charge is -2.35. The predicted molar refractivity (Wildman–Crippen MR) is 193 cm³/mol. The quantitative estimate of drug-likeness (QED) is 0.134. The molecule has 3 aromatic carbocycles. The van der Waals surface area contributed by atoms with Gasteiger partial charge >= 0.3 is 5.97 Å². The number of carbonyl (C=O) groups excluding carboxylic acids is 2. The van der Waals surface area contributed by atoms with Crippen molar-refractivity contribution in [2.24, 2.45) is 11.8 Å². The molecular weight excluding hydrogens is 646 g/mol. The van der Waals surface area contributed by atoms with Crippen molar-refractivity contribution < 1.29 is 39.1 Å². The predicted octanol–water partition coefficient (Wildman–Crippen LogP) is 6.75. The Labute approximate surface area is 297 Å². The van der Waals surface area contributed by atoms with Crippen molar-refractivity contribution in [3.8, 4) is 34.8 Å². The minimum Gasteiger partial charge on any atom is -0.504 e. The van der Waals surface area contributed by atoms with Gasteiger partial charge < -0.3 is 34.5 Å². The summed E-state index contributed by atoms with van der Waals surface area (Å²) < 4.78 is 16.7. The zero-order chi connectivity index (χ0) is 35.6. The second kappa shape index (κ2) is 14.6. The monoisotopic (exact) mass is 689 g/mol. The van der Waals surface area contributed by atoms with E-state index in [0.717, 1.165) is 64.5 Å². The number of para-hydroxylation sites is 1. The number of ether oxygens (including phenoxy) is 3. The molecule has 0 saturated heterocycles. The fourth-order valence-electron chi connectivity index (χ4n) is 8.34. The molecule has 2 bridgehead atoms. The van der Waals surface area contributed by atoms with Crippen LogP contribution in [0.25, 0.3) is 16.5 Å². The van der Waals surface area contributed by atoms with E-state index in [1.54, 1.807) is 18.2 Å². The number of esters is 1. The maximum atomic E-state index is 14.2. The Kier molecular flexibility index (Phi) is 9.79. The fourth-order valence-corrected chi connectivity index (χ4v) is 8.34. The number of hydrogen-bond donors (Lipinski definition) is 4. The van der Waals surface area contributed by atoms with E-state index in [-0.39, 0.29) is 66.5 Å². The molecule has 1 aliphatic heterocycles. The highest BCUT2D eigenvalue weighted by atomic mass is 16.6. The Morgan fingerprint density at radius 1 is 0.922 bits per heavy atom. The minimum absolute atomic E-state index is 0.0184. The highest BCUT2D eigenvalue weighted by Gasteiger charge is 2.39. The minimum atomic E-state index is -1.21. The van der Waals surface area contributed by atoms with Crippen LogP contribution in [-0.2, 0) is 27.2 Å². The molecule has 4 N–H and O–H groups in total. The molecule has 264 valence electrons. The van der Waals surface area contributed by atoms with Crippen LogP contribution in [0.15, 0.2) is 60.7 Å². The van der Waals surface area contributed by atoms with E-state index in [2.05, 4.69) is 29.0 Å². The molecule has 0 amide bonds. The zero-order valence-corrected chi connectivity index (χ0v) is 28.9. The van der Waals surface area contributed by atoms with Crippen molar-refractivity contribution in [2.75, 3.05) is 14.2 Å². The first-order valence-electron chi connectivity index (χ1n) is 17.7. The van der Waals surface area contributed by atoms with Crippen molar-refractivity contribution in [2.45, 2.75) is 75.9 Å². The van der Waals surface area contributed by atoms with Crippen LogP contribution in [0.2, 0.25) is 0 Å². The molecule has 1 fully saturated rings. The topological polar surface area (TPSA) is 138 Å². The van der Waals surface area contributed by atoms with Crippen LogP contribution >= 0.6 is 0 Å². The average molecular weight is 690 g/mol. The largest absolute Gasteiger partial charge is 0.504 e. The van der Waals surface area contributed by atoms with E-state index in [9.17, 15) is 24.9 Å². The van der Waals surface area contributed by atoms with E-state index in [4.69, 9.17) is 14.2 Å². The lowest BCUT2D eigenvalue weighted by atomic mass is 9.69. The van der Waals surface area contributed by atoms with E-state index in [0.29, 0.717) is 17.7 Å². The standard InChI is InChI=1S/C42H43NO8/c1-49-38-18-24(15-16-35(38)45)17-36(46)40-21-26(44)20-30-27-10-4-3-9-25(27)19-33(31-22-37(47)39(50-2)23-32(30)31)42-29(12-6-8-14-41(48)51-40)28-11-5-7-13-34(28)43-42/h5,7,11,13,15-16,18-19,22-23,25,27,30,36,40,43,45-47H,3-4,9-10,12,14,17,20-21H2,1-2H3/t25-,27-,30+,36+,40+/m1/s1. The van der Waals surface area contributed by atoms with Gasteiger partial charge in [-0.25, -0.2) is 0 Å². The number of fused-ring (bicyclic) bond motifs is 6. The third-order valence-electron chi connectivity index (χ3n) is 10.8. The van der Waals surface area contributed by atoms with Crippen molar-refractivity contribution >= 4 is 28.2 Å². The Hall–Kier alpha value is -5.20. The molecule has 0 spiro atoms. The number of phenolic OH excluding ortho intramolecular Hbond substituents is 2. The highest BCUT2D eigenvalue weighted by Crippen LogP contribution is 2.51. The average Bonchev–Trinajstić information content (AvgIpc) is 3.43. The number of Topliss-reactive ketones (excluding diaryl/α,β-unsaturated/α-hetero) is 1. The molecule has 1 aromatic heterocycles. The number of ketones is 1. The first-order valence-corrected chi connectivity index (χ1v) is 17.7. The van der Waals surface area contributed by atoms with Crippen LogP contribution in [-0.4, -0.2) is 58.5 Å². The number of aliphatic hydroxyl groups excluding tert-OH is 1. The molecular formula is C42H43NO8. The zero-order valence-electron chi connectivity index (χ0n) is 28.9. The Bertz CT molecular complexity index is 2070. The number of phenols is 2. The third-order valence-corrected chi connectivity index (χ3v) is 10.8. The molecule has 5 atom stereocenters.